The van der Waals surface area contributed by atoms with E-state index in [0.717, 1.165) is 13.1 Å². The highest BCUT2D eigenvalue weighted by Crippen LogP contribution is 2.23. The summed E-state index contributed by atoms with van der Waals surface area (Å²) in [5.41, 5.74) is 2.83. The summed E-state index contributed by atoms with van der Waals surface area (Å²) >= 11 is 0. The highest BCUT2D eigenvalue weighted by atomic mass is 16.5. The van der Waals surface area contributed by atoms with Gasteiger partial charge in [-0.25, -0.2) is 0 Å². The molecule has 7 heteroatoms. The molecule has 154 valence electrons. The summed E-state index contributed by atoms with van der Waals surface area (Å²) in [6.07, 6.45) is 0. The van der Waals surface area contributed by atoms with Crippen molar-refractivity contribution in [2.75, 3.05) is 51.8 Å². The molecule has 0 unspecified atom stereocenters. The Labute approximate surface area is 171 Å². The number of rotatable bonds is 6. The number of anilines is 1. The number of aryl methyl sites for hydroxylation is 1. The zero-order chi connectivity index (χ0) is 20.8. The van der Waals surface area contributed by atoms with E-state index in [1.165, 1.54) is 25.5 Å². The predicted octanol–water partition coefficient (Wildman–Crippen LogP) is 2.09. The lowest BCUT2D eigenvalue weighted by Gasteiger charge is -2.36. The fraction of sp³-hybridized carbons (Fsp3) is 0.364. The molecular formula is C22H27N3O4. The van der Waals surface area contributed by atoms with Crippen LogP contribution in [0.2, 0.25) is 0 Å². The van der Waals surface area contributed by atoms with Crippen molar-refractivity contribution in [2.45, 2.75) is 6.92 Å². The number of amides is 2. The standard InChI is InChI=1S/C22H27N3O4/c1-16-6-4-5-7-20(16)24-8-10-25(11-9-24)21(26)15-23-22(27)17-12-18(28-2)14-19(13-17)29-3/h4-7,12-14H,8-11,15H2,1-3H3,(H,23,27). The van der Waals surface area contributed by atoms with Gasteiger partial charge in [-0.3, -0.25) is 9.59 Å². The lowest BCUT2D eigenvalue weighted by molar-refractivity contribution is -0.130. The van der Waals surface area contributed by atoms with Gasteiger partial charge in [0, 0.05) is 43.5 Å². The van der Waals surface area contributed by atoms with E-state index in [9.17, 15) is 9.59 Å². The number of methoxy groups -OCH3 is 2. The lowest BCUT2D eigenvalue weighted by atomic mass is 10.1. The molecule has 1 saturated heterocycles. The number of nitrogens with one attached hydrogen (secondary N) is 1. The van der Waals surface area contributed by atoms with Gasteiger partial charge in [-0.05, 0) is 30.7 Å². The maximum absolute atomic E-state index is 12.5. The molecule has 7 nitrogen and oxygen atoms in total. The van der Waals surface area contributed by atoms with E-state index in [2.05, 4.69) is 29.3 Å². The first kappa shape index (κ1) is 20.5. The average Bonchev–Trinajstić information content (AvgIpc) is 2.77. The summed E-state index contributed by atoms with van der Waals surface area (Å²) < 4.78 is 10.4. The molecule has 0 aromatic heterocycles. The van der Waals surface area contributed by atoms with Gasteiger partial charge in [0.05, 0.1) is 20.8 Å². The zero-order valence-corrected chi connectivity index (χ0v) is 17.1. The van der Waals surface area contributed by atoms with Gasteiger partial charge in [-0.15, -0.1) is 0 Å². The summed E-state index contributed by atoms with van der Waals surface area (Å²) in [7, 11) is 3.05. The Morgan fingerprint density at radius 1 is 0.966 bits per heavy atom. The van der Waals surface area contributed by atoms with Crippen LogP contribution in [-0.2, 0) is 4.79 Å². The third-order valence-corrected chi connectivity index (χ3v) is 5.10. The molecule has 0 atom stereocenters. The van der Waals surface area contributed by atoms with Crippen LogP contribution in [0.1, 0.15) is 15.9 Å². The molecule has 0 spiro atoms. The number of benzene rings is 2. The van der Waals surface area contributed by atoms with Crippen LogP contribution in [-0.4, -0.2) is 63.7 Å². The fourth-order valence-corrected chi connectivity index (χ4v) is 3.42. The first-order valence-electron chi connectivity index (χ1n) is 9.61. The van der Waals surface area contributed by atoms with Gasteiger partial charge >= 0.3 is 0 Å². The van der Waals surface area contributed by atoms with Gasteiger partial charge in [0.25, 0.3) is 5.91 Å². The highest BCUT2D eigenvalue weighted by molar-refractivity contribution is 5.97. The molecule has 2 aromatic carbocycles. The Morgan fingerprint density at radius 2 is 1.59 bits per heavy atom. The largest absolute Gasteiger partial charge is 0.497 e. The molecule has 0 aliphatic carbocycles. The van der Waals surface area contributed by atoms with Crippen LogP contribution in [0.15, 0.2) is 42.5 Å². The van der Waals surface area contributed by atoms with E-state index in [1.807, 2.05) is 12.1 Å². The van der Waals surface area contributed by atoms with Gasteiger partial charge in [-0.2, -0.15) is 0 Å². The van der Waals surface area contributed by atoms with E-state index in [4.69, 9.17) is 9.47 Å². The van der Waals surface area contributed by atoms with Crippen LogP contribution in [0, 0.1) is 6.92 Å². The summed E-state index contributed by atoms with van der Waals surface area (Å²) in [6, 6.07) is 13.2. The Hall–Kier alpha value is -3.22. The summed E-state index contributed by atoms with van der Waals surface area (Å²) in [5, 5.41) is 2.70. The first-order valence-corrected chi connectivity index (χ1v) is 9.61. The third-order valence-electron chi connectivity index (χ3n) is 5.10. The normalized spacial score (nSPS) is 13.8. The summed E-state index contributed by atoms with van der Waals surface area (Å²) in [6.45, 7) is 4.87. The first-order chi connectivity index (χ1) is 14.0. The van der Waals surface area contributed by atoms with Gasteiger partial charge in [-0.1, -0.05) is 18.2 Å². The second-order valence-electron chi connectivity index (χ2n) is 6.94. The van der Waals surface area contributed by atoms with E-state index >= 15 is 0 Å². The zero-order valence-electron chi connectivity index (χ0n) is 17.1. The molecule has 2 aromatic rings. The number of hydrogen-bond acceptors (Lipinski definition) is 5. The van der Waals surface area contributed by atoms with Gasteiger partial charge in [0.15, 0.2) is 0 Å². The van der Waals surface area contributed by atoms with Crippen molar-refractivity contribution < 1.29 is 19.1 Å². The minimum atomic E-state index is -0.339. The van der Waals surface area contributed by atoms with Crippen LogP contribution in [0.3, 0.4) is 0 Å². The topological polar surface area (TPSA) is 71.1 Å². The molecular weight excluding hydrogens is 370 g/mol. The second-order valence-corrected chi connectivity index (χ2v) is 6.94. The molecule has 1 N–H and O–H groups in total. The average molecular weight is 397 g/mol. The second kappa shape index (κ2) is 9.32. The molecule has 1 aliphatic rings. The van der Waals surface area contributed by atoms with Crippen LogP contribution >= 0.6 is 0 Å². The van der Waals surface area contributed by atoms with Crippen molar-refractivity contribution in [2.24, 2.45) is 0 Å². The Kier molecular flexibility index (Phi) is 6.59. The van der Waals surface area contributed by atoms with Crippen LogP contribution in [0.25, 0.3) is 0 Å². The monoisotopic (exact) mass is 397 g/mol. The number of nitrogens with zero attached hydrogens (tertiary/aromatic N) is 2. The van der Waals surface area contributed by atoms with Crippen LogP contribution in [0.5, 0.6) is 11.5 Å². The molecule has 0 saturated carbocycles. The van der Waals surface area contributed by atoms with Crippen LogP contribution < -0.4 is 19.7 Å². The molecule has 1 heterocycles. The number of piperazine rings is 1. The molecule has 29 heavy (non-hydrogen) atoms. The van der Waals surface area contributed by atoms with Crippen molar-refractivity contribution >= 4 is 17.5 Å². The lowest BCUT2D eigenvalue weighted by Crippen LogP contribution is -2.51. The summed E-state index contributed by atoms with van der Waals surface area (Å²) in [4.78, 5) is 29.1. The maximum Gasteiger partial charge on any atom is 0.251 e. The van der Waals surface area contributed by atoms with E-state index in [0.29, 0.717) is 30.2 Å². The smallest absolute Gasteiger partial charge is 0.251 e. The van der Waals surface area contributed by atoms with Crippen molar-refractivity contribution in [1.82, 2.24) is 10.2 Å². The molecule has 0 bridgehead atoms. The quantitative estimate of drug-likeness (QED) is 0.808. The minimum absolute atomic E-state index is 0.0390. The maximum atomic E-state index is 12.5. The van der Waals surface area contributed by atoms with Gasteiger partial charge < -0.3 is 24.6 Å². The SMILES string of the molecule is COc1cc(OC)cc(C(=O)NCC(=O)N2CCN(c3ccccc3C)CC2)c1. The minimum Gasteiger partial charge on any atom is -0.497 e. The molecule has 2 amide bonds. The third kappa shape index (κ3) is 4.99. The molecule has 1 fully saturated rings. The predicted molar refractivity (Wildman–Crippen MR) is 112 cm³/mol. The van der Waals surface area contributed by atoms with E-state index in [-0.39, 0.29) is 18.4 Å². The van der Waals surface area contributed by atoms with Crippen molar-refractivity contribution in [3.63, 3.8) is 0 Å². The highest BCUT2D eigenvalue weighted by Gasteiger charge is 2.22. The molecule has 3 rings (SSSR count). The van der Waals surface area contributed by atoms with Crippen molar-refractivity contribution in [3.8, 4) is 11.5 Å². The summed E-state index contributed by atoms with van der Waals surface area (Å²) in [5.74, 6) is 0.619. The van der Waals surface area contributed by atoms with Gasteiger partial charge in [0.1, 0.15) is 11.5 Å². The molecule has 1 aliphatic heterocycles. The fourth-order valence-electron chi connectivity index (χ4n) is 3.42. The number of ether oxygens (including phenoxy) is 2. The number of carbonyl (C=O) groups is 2. The Bertz CT molecular complexity index is 854. The number of carbonyl (C=O) groups excluding carboxylic acids is 2. The van der Waals surface area contributed by atoms with Crippen molar-refractivity contribution in [3.05, 3.63) is 53.6 Å². The molecule has 0 radical (unpaired) electrons. The van der Waals surface area contributed by atoms with E-state index in [1.54, 1.807) is 23.1 Å². The number of para-hydroxylation sites is 1. The Balaban J connectivity index is 1.53. The van der Waals surface area contributed by atoms with Crippen LogP contribution in [0.4, 0.5) is 5.69 Å². The van der Waals surface area contributed by atoms with Gasteiger partial charge in [0.2, 0.25) is 5.91 Å². The van der Waals surface area contributed by atoms with Crippen molar-refractivity contribution in [1.29, 1.82) is 0 Å². The Morgan fingerprint density at radius 3 is 2.17 bits per heavy atom. The number of hydrogen-bond donors (Lipinski definition) is 1. The van der Waals surface area contributed by atoms with E-state index < -0.39 is 0 Å².